The molecule has 0 saturated heterocycles. The summed E-state index contributed by atoms with van der Waals surface area (Å²) in [4.78, 5) is 1.38. The van der Waals surface area contributed by atoms with Gasteiger partial charge in [-0.05, 0) is 29.7 Å². The number of thioether (sulfide) groups is 1. The van der Waals surface area contributed by atoms with Crippen LogP contribution in [-0.2, 0) is 0 Å². The Hall–Kier alpha value is -1.15. The number of hydrogen-bond donors (Lipinski definition) is 0. The Morgan fingerprint density at radius 3 is 1.96 bits per heavy atom. The molecule has 0 radical (unpaired) electrons. The van der Waals surface area contributed by atoms with Gasteiger partial charge in [-0.2, -0.15) is 0 Å². The van der Waals surface area contributed by atoms with Crippen LogP contribution in [0.3, 0.4) is 0 Å². The number of methoxy groups -OCH3 is 1. The Kier molecular flexibility index (Phi) is 9.88. The fraction of sp³-hybridized carbons (Fsp3) is 0.565. The van der Waals surface area contributed by atoms with Gasteiger partial charge in [-0.25, -0.2) is 0 Å². The lowest BCUT2D eigenvalue weighted by atomic mass is 10.1. The molecule has 0 atom stereocenters. The molecule has 1 nitrogen and oxygen atoms in total. The highest BCUT2D eigenvalue weighted by atomic mass is 32.2. The van der Waals surface area contributed by atoms with Gasteiger partial charge in [0, 0.05) is 10.3 Å². The first-order valence-electron chi connectivity index (χ1n) is 10.1. The van der Waals surface area contributed by atoms with Gasteiger partial charge in [-0.15, -0.1) is 11.8 Å². The van der Waals surface area contributed by atoms with Crippen LogP contribution in [0.5, 0.6) is 5.75 Å². The Bertz CT molecular complexity index is 608. The SMILES string of the molecule is CCCCCCCCCCCCSc1ccc(OC)c2ccccc12. The molecule has 2 rings (SSSR count). The van der Waals surface area contributed by atoms with Crippen LogP contribution in [0.15, 0.2) is 41.3 Å². The van der Waals surface area contributed by atoms with Crippen molar-refractivity contribution in [3.8, 4) is 5.75 Å². The van der Waals surface area contributed by atoms with Crippen LogP contribution in [-0.4, -0.2) is 12.9 Å². The number of ether oxygens (including phenoxy) is 1. The lowest BCUT2D eigenvalue weighted by molar-refractivity contribution is 0.419. The van der Waals surface area contributed by atoms with E-state index in [1.807, 2.05) is 11.8 Å². The van der Waals surface area contributed by atoms with Gasteiger partial charge in [0.25, 0.3) is 0 Å². The van der Waals surface area contributed by atoms with Gasteiger partial charge in [0.05, 0.1) is 7.11 Å². The van der Waals surface area contributed by atoms with Gasteiger partial charge in [-0.1, -0.05) is 89.0 Å². The molecule has 0 unspecified atom stereocenters. The molecule has 0 aliphatic heterocycles. The van der Waals surface area contributed by atoms with Crippen molar-refractivity contribution in [3.05, 3.63) is 36.4 Å². The molecule has 0 amide bonds. The molecule has 138 valence electrons. The van der Waals surface area contributed by atoms with Gasteiger partial charge >= 0.3 is 0 Å². The highest BCUT2D eigenvalue weighted by Crippen LogP contribution is 2.34. The third-order valence-corrected chi connectivity index (χ3v) is 5.98. The van der Waals surface area contributed by atoms with E-state index >= 15 is 0 Å². The van der Waals surface area contributed by atoms with Crippen molar-refractivity contribution in [1.82, 2.24) is 0 Å². The number of fused-ring (bicyclic) bond motifs is 1. The summed E-state index contributed by atoms with van der Waals surface area (Å²) in [6, 6.07) is 12.9. The summed E-state index contributed by atoms with van der Waals surface area (Å²) in [6.45, 7) is 2.28. The lowest BCUT2D eigenvalue weighted by Gasteiger charge is -2.10. The molecular formula is C23H34OS. The van der Waals surface area contributed by atoms with E-state index in [4.69, 9.17) is 4.74 Å². The highest BCUT2D eigenvalue weighted by molar-refractivity contribution is 7.99. The van der Waals surface area contributed by atoms with Crippen molar-refractivity contribution >= 4 is 22.5 Å². The summed E-state index contributed by atoms with van der Waals surface area (Å²) in [5, 5.41) is 2.54. The number of hydrogen-bond acceptors (Lipinski definition) is 2. The van der Waals surface area contributed by atoms with Gasteiger partial charge in [0.1, 0.15) is 5.75 Å². The summed E-state index contributed by atoms with van der Waals surface area (Å²) >= 11 is 1.99. The smallest absolute Gasteiger partial charge is 0.126 e. The molecule has 0 spiro atoms. The first-order chi connectivity index (χ1) is 12.4. The van der Waals surface area contributed by atoms with Gasteiger partial charge in [0.2, 0.25) is 0 Å². The molecule has 2 heteroatoms. The van der Waals surface area contributed by atoms with Crippen molar-refractivity contribution in [2.24, 2.45) is 0 Å². The van der Waals surface area contributed by atoms with Crippen molar-refractivity contribution < 1.29 is 4.74 Å². The van der Waals surface area contributed by atoms with Gasteiger partial charge < -0.3 is 4.74 Å². The fourth-order valence-corrected chi connectivity index (χ4v) is 4.39. The molecule has 0 heterocycles. The zero-order valence-electron chi connectivity index (χ0n) is 16.1. The second-order valence-electron chi connectivity index (χ2n) is 6.84. The van der Waals surface area contributed by atoms with E-state index in [1.165, 1.54) is 85.6 Å². The summed E-state index contributed by atoms with van der Waals surface area (Å²) in [5.74, 6) is 2.19. The minimum atomic E-state index is 0.971. The first kappa shape index (κ1) is 20.2. The lowest BCUT2D eigenvalue weighted by Crippen LogP contribution is -1.88. The van der Waals surface area contributed by atoms with Crippen LogP contribution in [0.1, 0.15) is 71.1 Å². The van der Waals surface area contributed by atoms with E-state index in [0.717, 1.165) is 5.75 Å². The second kappa shape index (κ2) is 12.2. The Morgan fingerprint density at radius 2 is 1.32 bits per heavy atom. The average molecular weight is 359 g/mol. The minimum absolute atomic E-state index is 0.971. The normalized spacial score (nSPS) is 11.1. The monoisotopic (exact) mass is 358 g/mol. The van der Waals surface area contributed by atoms with Crippen LogP contribution in [0.2, 0.25) is 0 Å². The van der Waals surface area contributed by atoms with Crippen LogP contribution in [0.4, 0.5) is 0 Å². The average Bonchev–Trinajstić information content (AvgIpc) is 2.66. The predicted molar refractivity (Wildman–Crippen MR) is 113 cm³/mol. The molecule has 0 saturated carbocycles. The molecule has 0 N–H and O–H groups in total. The van der Waals surface area contributed by atoms with E-state index in [0.29, 0.717) is 0 Å². The predicted octanol–water partition coefficient (Wildman–Crippen LogP) is 7.86. The maximum absolute atomic E-state index is 5.48. The van der Waals surface area contributed by atoms with Crippen molar-refractivity contribution in [3.63, 3.8) is 0 Å². The van der Waals surface area contributed by atoms with Crippen LogP contribution in [0, 0.1) is 0 Å². The molecule has 0 aliphatic carbocycles. The van der Waals surface area contributed by atoms with E-state index in [1.54, 1.807) is 7.11 Å². The first-order valence-corrected chi connectivity index (χ1v) is 11.0. The summed E-state index contributed by atoms with van der Waals surface area (Å²) in [7, 11) is 1.75. The summed E-state index contributed by atoms with van der Waals surface area (Å²) in [5.41, 5.74) is 0. The van der Waals surface area contributed by atoms with E-state index in [2.05, 4.69) is 43.3 Å². The van der Waals surface area contributed by atoms with Crippen molar-refractivity contribution in [2.45, 2.75) is 76.0 Å². The molecule has 0 aromatic heterocycles. The zero-order chi connectivity index (χ0) is 17.7. The fourth-order valence-electron chi connectivity index (χ4n) is 3.32. The number of benzene rings is 2. The molecule has 0 fully saturated rings. The highest BCUT2D eigenvalue weighted by Gasteiger charge is 2.06. The minimum Gasteiger partial charge on any atom is -0.496 e. The van der Waals surface area contributed by atoms with Crippen LogP contribution in [0.25, 0.3) is 10.8 Å². The summed E-state index contributed by atoms with van der Waals surface area (Å²) in [6.07, 6.45) is 14.0. The van der Waals surface area contributed by atoms with E-state index in [-0.39, 0.29) is 0 Å². The third kappa shape index (κ3) is 6.93. The van der Waals surface area contributed by atoms with Gasteiger partial charge in [-0.3, -0.25) is 0 Å². The third-order valence-electron chi connectivity index (χ3n) is 4.82. The largest absolute Gasteiger partial charge is 0.496 e. The molecular weight excluding hydrogens is 324 g/mol. The van der Waals surface area contributed by atoms with Crippen molar-refractivity contribution in [2.75, 3.05) is 12.9 Å². The molecule has 0 aliphatic rings. The van der Waals surface area contributed by atoms with Crippen LogP contribution < -0.4 is 4.74 Å². The summed E-state index contributed by atoms with van der Waals surface area (Å²) < 4.78 is 5.48. The molecule has 2 aromatic carbocycles. The van der Waals surface area contributed by atoms with Crippen molar-refractivity contribution in [1.29, 1.82) is 0 Å². The topological polar surface area (TPSA) is 9.23 Å². The second-order valence-corrected chi connectivity index (χ2v) is 7.98. The number of rotatable bonds is 13. The maximum Gasteiger partial charge on any atom is 0.126 e. The Balaban J connectivity index is 1.63. The zero-order valence-corrected chi connectivity index (χ0v) is 16.9. The number of unbranched alkanes of at least 4 members (excludes halogenated alkanes) is 9. The standard InChI is InChI=1S/C23H34OS/c1-3-4-5-6-7-8-9-10-11-14-19-25-23-18-17-22(24-2)20-15-12-13-16-21(20)23/h12-13,15-18H,3-11,14,19H2,1-2H3. The molecule has 0 bridgehead atoms. The Labute approximate surface area is 158 Å². The maximum atomic E-state index is 5.48. The van der Waals surface area contributed by atoms with E-state index < -0.39 is 0 Å². The quantitative estimate of drug-likeness (QED) is 0.266. The van der Waals surface area contributed by atoms with Crippen LogP contribution >= 0.6 is 11.8 Å². The molecule has 25 heavy (non-hydrogen) atoms. The van der Waals surface area contributed by atoms with Gasteiger partial charge in [0.15, 0.2) is 0 Å². The Morgan fingerprint density at radius 1 is 0.720 bits per heavy atom. The molecule has 2 aromatic rings. The van der Waals surface area contributed by atoms with E-state index in [9.17, 15) is 0 Å².